The lowest BCUT2D eigenvalue weighted by Crippen LogP contribution is -2.49. The molecule has 0 aromatic heterocycles. The Balaban J connectivity index is 2.22. The number of hydrogen-bond acceptors (Lipinski definition) is 2. The molecule has 1 aromatic carbocycles. The lowest BCUT2D eigenvalue weighted by Gasteiger charge is -2.43. The van der Waals surface area contributed by atoms with Crippen molar-refractivity contribution < 1.29 is 9.90 Å². The first-order valence-corrected chi connectivity index (χ1v) is 6.83. The third kappa shape index (κ3) is 2.00. The standard InChI is InChI=1S/C12H13BrO2S/c1-8-5-6-12(8,11(14)15)16-10-4-2-3-9(13)7-10/h2-4,7-8H,5-6H2,1H3,(H,14,15). The third-order valence-electron chi connectivity index (χ3n) is 3.20. The minimum atomic E-state index is -0.684. The molecule has 0 radical (unpaired) electrons. The van der Waals surface area contributed by atoms with E-state index in [0.717, 1.165) is 22.2 Å². The van der Waals surface area contributed by atoms with Crippen LogP contribution in [-0.2, 0) is 4.79 Å². The number of hydrogen-bond donors (Lipinski definition) is 1. The average molecular weight is 301 g/mol. The predicted octanol–water partition coefficient (Wildman–Crippen LogP) is 3.79. The molecule has 1 N–H and O–H groups in total. The Labute approximate surface area is 108 Å². The summed E-state index contributed by atoms with van der Waals surface area (Å²) in [4.78, 5) is 12.4. The maximum absolute atomic E-state index is 11.4. The number of benzene rings is 1. The molecule has 0 saturated heterocycles. The van der Waals surface area contributed by atoms with Gasteiger partial charge < -0.3 is 5.11 Å². The Morgan fingerprint density at radius 1 is 1.62 bits per heavy atom. The van der Waals surface area contributed by atoms with Gasteiger partial charge in [-0.3, -0.25) is 4.79 Å². The van der Waals surface area contributed by atoms with Crippen LogP contribution in [0.4, 0.5) is 0 Å². The minimum Gasteiger partial charge on any atom is -0.480 e. The summed E-state index contributed by atoms with van der Waals surface area (Å²) in [5, 5.41) is 9.35. The van der Waals surface area contributed by atoms with Crippen molar-refractivity contribution in [2.75, 3.05) is 0 Å². The molecule has 1 aromatic rings. The molecule has 86 valence electrons. The van der Waals surface area contributed by atoms with E-state index < -0.39 is 10.7 Å². The quantitative estimate of drug-likeness (QED) is 0.923. The Morgan fingerprint density at radius 3 is 2.81 bits per heavy atom. The molecule has 0 spiro atoms. The van der Waals surface area contributed by atoms with E-state index in [1.807, 2.05) is 31.2 Å². The van der Waals surface area contributed by atoms with Crippen molar-refractivity contribution in [1.29, 1.82) is 0 Å². The van der Waals surface area contributed by atoms with Gasteiger partial charge in [-0.25, -0.2) is 0 Å². The van der Waals surface area contributed by atoms with Crippen LogP contribution in [0.15, 0.2) is 33.6 Å². The summed E-state index contributed by atoms with van der Waals surface area (Å²) in [7, 11) is 0. The van der Waals surface area contributed by atoms with Gasteiger partial charge in [0, 0.05) is 9.37 Å². The average Bonchev–Trinajstić information content (AvgIpc) is 2.23. The van der Waals surface area contributed by atoms with E-state index in [4.69, 9.17) is 0 Å². The second kappa shape index (κ2) is 4.41. The van der Waals surface area contributed by atoms with E-state index in [0.29, 0.717) is 0 Å². The summed E-state index contributed by atoms with van der Waals surface area (Å²) in [6, 6.07) is 7.82. The zero-order chi connectivity index (χ0) is 11.8. The smallest absolute Gasteiger partial charge is 0.320 e. The van der Waals surface area contributed by atoms with Gasteiger partial charge in [0.05, 0.1) is 0 Å². The first-order valence-electron chi connectivity index (χ1n) is 5.22. The van der Waals surface area contributed by atoms with Crippen LogP contribution in [0.3, 0.4) is 0 Å². The fourth-order valence-electron chi connectivity index (χ4n) is 1.95. The normalized spacial score (nSPS) is 28.5. The van der Waals surface area contributed by atoms with E-state index in [2.05, 4.69) is 15.9 Å². The van der Waals surface area contributed by atoms with Gasteiger partial charge in [-0.1, -0.05) is 28.9 Å². The van der Waals surface area contributed by atoms with Crippen LogP contribution in [0.2, 0.25) is 0 Å². The van der Waals surface area contributed by atoms with Crippen molar-refractivity contribution in [3.8, 4) is 0 Å². The zero-order valence-corrected chi connectivity index (χ0v) is 11.3. The molecule has 0 aliphatic heterocycles. The highest BCUT2D eigenvalue weighted by molar-refractivity contribution is 9.10. The molecule has 1 aliphatic rings. The number of aliphatic carboxylic acids is 1. The molecular formula is C12H13BrO2S. The van der Waals surface area contributed by atoms with Crippen molar-refractivity contribution in [2.24, 2.45) is 5.92 Å². The first kappa shape index (κ1) is 12.0. The maximum atomic E-state index is 11.4. The topological polar surface area (TPSA) is 37.3 Å². The molecule has 2 rings (SSSR count). The Hall–Kier alpha value is -0.480. The predicted molar refractivity (Wildman–Crippen MR) is 68.8 cm³/mol. The molecule has 0 bridgehead atoms. The summed E-state index contributed by atoms with van der Waals surface area (Å²) < 4.78 is 0.380. The molecule has 4 heteroatoms. The van der Waals surface area contributed by atoms with E-state index in [1.165, 1.54) is 11.8 Å². The molecule has 1 saturated carbocycles. The van der Waals surface area contributed by atoms with Crippen molar-refractivity contribution in [3.05, 3.63) is 28.7 Å². The largest absolute Gasteiger partial charge is 0.480 e. The first-order chi connectivity index (χ1) is 7.54. The van der Waals surface area contributed by atoms with Gasteiger partial charge in [0.25, 0.3) is 0 Å². The number of thioether (sulfide) groups is 1. The number of carboxylic acids is 1. The van der Waals surface area contributed by atoms with Gasteiger partial charge in [0.1, 0.15) is 4.75 Å². The molecule has 0 heterocycles. The van der Waals surface area contributed by atoms with Crippen LogP contribution >= 0.6 is 27.7 Å². The fraction of sp³-hybridized carbons (Fsp3) is 0.417. The van der Waals surface area contributed by atoms with E-state index in [-0.39, 0.29) is 5.92 Å². The van der Waals surface area contributed by atoms with Gasteiger partial charge in [-0.2, -0.15) is 0 Å². The van der Waals surface area contributed by atoms with Crippen molar-refractivity contribution >= 4 is 33.7 Å². The number of carbonyl (C=O) groups is 1. The molecule has 2 nitrogen and oxygen atoms in total. The summed E-state index contributed by atoms with van der Waals surface area (Å²) in [5.41, 5.74) is 0. The number of halogens is 1. The third-order valence-corrected chi connectivity index (χ3v) is 5.33. The van der Waals surface area contributed by atoms with Gasteiger partial charge in [-0.05, 0) is 37.0 Å². The molecule has 1 fully saturated rings. The highest BCUT2D eigenvalue weighted by atomic mass is 79.9. The Kier molecular flexibility index (Phi) is 3.31. The summed E-state index contributed by atoms with van der Waals surface area (Å²) in [6.07, 6.45) is 1.77. The lowest BCUT2D eigenvalue weighted by molar-refractivity contribution is -0.144. The van der Waals surface area contributed by atoms with Crippen LogP contribution in [-0.4, -0.2) is 15.8 Å². The second-order valence-corrected chi connectivity index (χ2v) is 6.51. The van der Waals surface area contributed by atoms with E-state index in [1.54, 1.807) is 0 Å². The number of rotatable bonds is 3. The van der Waals surface area contributed by atoms with Gasteiger partial charge in [-0.15, -0.1) is 11.8 Å². The van der Waals surface area contributed by atoms with Crippen molar-refractivity contribution in [3.63, 3.8) is 0 Å². The zero-order valence-electron chi connectivity index (χ0n) is 8.94. The van der Waals surface area contributed by atoms with Crippen molar-refractivity contribution in [1.82, 2.24) is 0 Å². The Bertz CT molecular complexity index is 421. The van der Waals surface area contributed by atoms with Crippen LogP contribution in [0, 0.1) is 5.92 Å². The number of carboxylic acid groups (broad SMARTS) is 1. The van der Waals surface area contributed by atoms with E-state index in [9.17, 15) is 9.90 Å². The SMILES string of the molecule is CC1CCC1(Sc1cccc(Br)c1)C(=O)O. The van der Waals surface area contributed by atoms with Gasteiger partial charge in [0.15, 0.2) is 0 Å². The second-order valence-electron chi connectivity index (χ2n) is 4.19. The fourth-order valence-corrected chi connectivity index (χ4v) is 3.88. The molecule has 1 aliphatic carbocycles. The summed E-state index contributed by atoms with van der Waals surface area (Å²) >= 11 is 4.88. The lowest BCUT2D eigenvalue weighted by atomic mass is 9.74. The maximum Gasteiger partial charge on any atom is 0.320 e. The summed E-state index contributed by atoms with van der Waals surface area (Å²) in [5.74, 6) is -0.440. The van der Waals surface area contributed by atoms with Gasteiger partial charge >= 0.3 is 5.97 Å². The molecule has 2 unspecified atom stereocenters. The van der Waals surface area contributed by atoms with Crippen LogP contribution in [0.1, 0.15) is 19.8 Å². The monoisotopic (exact) mass is 300 g/mol. The molecule has 0 amide bonds. The Morgan fingerprint density at radius 2 is 2.38 bits per heavy atom. The molecular weight excluding hydrogens is 288 g/mol. The molecule has 2 atom stereocenters. The van der Waals surface area contributed by atoms with Crippen LogP contribution < -0.4 is 0 Å². The summed E-state index contributed by atoms with van der Waals surface area (Å²) in [6.45, 7) is 2.02. The van der Waals surface area contributed by atoms with Crippen molar-refractivity contribution in [2.45, 2.75) is 29.4 Å². The van der Waals surface area contributed by atoms with Crippen LogP contribution in [0.5, 0.6) is 0 Å². The highest BCUT2D eigenvalue weighted by Gasteiger charge is 2.51. The van der Waals surface area contributed by atoms with E-state index >= 15 is 0 Å². The highest BCUT2D eigenvalue weighted by Crippen LogP contribution is 2.52. The molecule has 16 heavy (non-hydrogen) atoms. The van der Waals surface area contributed by atoms with Crippen LogP contribution in [0.25, 0.3) is 0 Å². The van der Waals surface area contributed by atoms with Gasteiger partial charge in [0.2, 0.25) is 0 Å². The minimum absolute atomic E-state index is 0.244.